The van der Waals surface area contributed by atoms with Crippen molar-refractivity contribution >= 4 is 17.2 Å². The summed E-state index contributed by atoms with van der Waals surface area (Å²) in [4.78, 5) is 18.3. The molecule has 1 fully saturated rings. The molecule has 1 atom stereocenters. The van der Waals surface area contributed by atoms with Gasteiger partial charge in [-0.1, -0.05) is 6.07 Å². The van der Waals surface area contributed by atoms with Gasteiger partial charge in [0.2, 0.25) is 0 Å². The fraction of sp³-hybridized carbons (Fsp3) is 0.333. The average Bonchev–Trinajstić information content (AvgIpc) is 3.16. The standard InChI is InChI=1S/C15H17N3O2S/c16-12-4-5-18(7-12)15(19)11-2-1-3-14(6-11)20-8-13-9-21-10-17-13/h1-3,6,9-10,12H,4-5,7-8,16H2. The van der Waals surface area contributed by atoms with Crippen molar-refractivity contribution in [1.29, 1.82) is 0 Å². The van der Waals surface area contributed by atoms with E-state index in [2.05, 4.69) is 4.98 Å². The maximum Gasteiger partial charge on any atom is 0.254 e. The summed E-state index contributed by atoms with van der Waals surface area (Å²) in [7, 11) is 0. The van der Waals surface area contributed by atoms with Crippen molar-refractivity contribution < 1.29 is 9.53 Å². The number of carbonyl (C=O) groups is 1. The molecule has 6 heteroatoms. The van der Waals surface area contributed by atoms with Gasteiger partial charge in [-0.25, -0.2) is 4.98 Å². The Balaban J connectivity index is 1.66. The molecule has 0 aliphatic carbocycles. The molecule has 1 aliphatic heterocycles. The minimum absolute atomic E-state index is 0.0158. The van der Waals surface area contributed by atoms with Crippen LogP contribution in [0.2, 0.25) is 0 Å². The monoisotopic (exact) mass is 303 g/mol. The number of hydrogen-bond donors (Lipinski definition) is 1. The van der Waals surface area contributed by atoms with Gasteiger partial charge < -0.3 is 15.4 Å². The molecule has 1 unspecified atom stereocenters. The molecule has 3 rings (SSSR count). The van der Waals surface area contributed by atoms with Crippen molar-refractivity contribution in [2.75, 3.05) is 13.1 Å². The molecule has 0 radical (unpaired) electrons. The highest BCUT2D eigenvalue weighted by Gasteiger charge is 2.24. The quantitative estimate of drug-likeness (QED) is 0.936. The maximum atomic E-state index is 12.4. The van der Waals surface area contributed by atoms with Crippen LogP contribution in [0.5, 0.6) is 5.75 Å². The molecule has 0 saturated carbocycles. The van der Waals surface area contributed by atoms with E-state index in [1.807, 2.05) is 23.6 Å². The summed E-state index contributed by atoms with van der Waals surface area (Å²) in [6.07, 6.45) is 0.867. The first-order valence-electron chi connectivity index (χ1n) is 6.87. The third-order valence-corrected chi connectivity index (χ3v) is 4.10. The van der Waals surface area contributed by atoms with E-state index in [0.29, 0.717) is 24.5 Å². The Hall–Kier alpha value is -1.92. The second-order valence-electron chi connectivity index (χ2n) is 5.10. The van der Waals surface area contributed by atoms with Gasteiger partial charge >= 0.3 is 0 Å². The summed E-state index contributed by atoms with van der Waals surface area (Å²) < 4.78 is 5.67. The SMILES string of the molecule is NC1CCN(C(=O)c2cccc(OCc3cscn3)c2)C1. The first kappa shape index (κ1) is 14.0. The molecular formula is C15H17N3O2S. The number of benzene rings is 1. The van der Waals surface area contributed by atoms with Gasteiger partial charge in [-0.05, 0) is 24.6 Å². The third-order valence-electron chi connectivity index (χ3n) is 3.46. The zero-order chi connectivity index (χ0) is 14.7. The Labute approximate surface area is 127 Å². The van der Waals surface area contributed by atoms with Crippen LogP contribution in [0.1, 0.15) is 22.5 Å². The lowest BCUT2D eigenvalue weighted by atomic mass is 10.2. The van der Waals surface area contributed by atoms with Crippen molar-refractivity contribution in [2.24, 2.45) is 5.73 Å². The Morgan fingerprint density at radius 1 is 1.52 bits per heavy atom. The van der Waals surface area contributed by atoms with Crippen LogP contribution in [-0.4, -0.2) is 34.9 Å². The molecule has 1 aliphatic rings. The highest BCUT2D eigenvalue weighted by Crippen LogP contribution is 2.18. The summed E-state index contributed by atoms with van der Waals surface area (Å²) in [6, 6.07) is 7.36. The Morgan fingerprint density at radius 2 is 2.43 bits per heavy atom. The van der Waals surface area contributed by atoms with E-state index >= 15 is 0 Å². The van der Waals surface area contributed by atoms with Crippen molar-refractivity contribution in [1.82, 2.24) is 9.88 Å². The van der Waals surface area contributed by atoms with Crippen molar-refractivity contribution in [2.45, 2.75) is 19.1 Å². The molecule has 2 heterocycles. The molecule has 0 spiro atoms. The van der Waals surface area contributed by atoms with Crippen molar-refractivity contribution in [3.8, 4) is 5.75 Å². The fourth-order valence-electron chi connectivity index (χ4n) is 2.34. The molecule has 21 heavy (non-hydrogen) atoms. The van der Waals surface area contributed by atoms with Crippen LogP contribution in [-0.2, 0) is 6.61 Å². The van der Waals surface area contributed by atoms with Crippen molar-refractivity contribution in [3.05, 3.63) is 46.4 Å². The molecule has 1 aromatic carbocycles. The first-order chi connectivity index (χ1) is 10.2. The number of nitrogens with two attached hydrogens (primary N) is 1. The summed E-state index contributed by atoms with van der Waals surface area (Å²) in [5.41, 5.74) is 9.15. The van der Waals surface area contributed by atoms with Crippen LogP contribution in [0.25, 0.3) is 0 Å². The summed E-state index contributed by atoms with van der Waals surface area (Å²) in [5.74, 6) is 0.694. The van der Waals surface area contributed by atoms with E-state index in [0.717, 1.165) is 18.7 Å². The van der Waals surface area contributed by atoms with Gasteiger partial charge in [0.15, 0.2) is 0 Å². The second kappa shape index (κ2) is 6.24. The number of likely N-dealkylation sites (tertiary alicyclic amines) is 1. The maximum absolute atomic E-state index is 12.4. The molecule has 2 aromatic rings. The lowest BCUT2D eigenvalue weighted by molar-refractivity contribution is 0.0790. The smallest absolute Gasteiger partial charge is 0.254 e. The van der Waals surface area contributed by atoms with Gasteiger partial charge in [0.25, 0.3) is 5.91 Å². The van der Waals surface area contributed by atoms with Gasteiger partial charge in [0.1, 0.15) is 12.4 Å². The number of amides is 1. The van der Waals surface area contributed by atoms with E-state index in [1.54, 1.807) is 16.5 Å². The van der Waals surface area contributed by atoms with Crippen LogP contribution in [0.15, 0.2) is 35.2 Å². The summed E-state index contributed by atoms with van der Waals surface area (Å²) in [5, 5.41) is 1.95. The number of hydrogen-bond acceptors (Lipinski definition) is 5. The van der Waals surface area contributed by atoms with Gasteiger partial charge in [-0.3, -0.25) is 4.79 Å². The van der Waals surface area contributed by atoms with E-state index < -0.39 is 0 Å². The lowest BCUT2D eigenvalue weighted by Gasteiger charge is -2.16. The summed E-state index contributed by atoms with van der Waals surface area (Å²) >= 11 is 1.54. The number of aromatic nitrogens is 1. The van der Waals surface area contributed by atoms with Crippen LogP contribution in [0, 0.1) is 0 Å². The second-order valence-corrected chi connectivity index (χ2v) is 5.81. The number of carbonyl (C=O) groups excluding carboxylic acids is 1. The number of thiazole rings is 1. The predicted octanol–water partition coefficient (Wildman–Crippen LogP) is 1.90. The molecule has 0 bridgehead atoms. The minimum atomic E-state index is 0.0158. The van der Waals surface area contributed by atoms with Crippen LogP contribution < -0.4 is 10.5 Å². The lowest BCUT2D eigenvalue weighted by Crippen LogP contribution is -2.31. The third kappa shape index (κ3) is 3.40. The number of rotatable bonds is 4. The van der Waals surface area contributed by atoms with E-state index in [9.17, 15) is 4.79 Å². The molecule has 2 N–H and O–H groups in total. The van der Waals surface area contributed by atoms with Crippen LogP contribution >= 0.6 is 11.3 Å². The van der Waals surface area contributed by atoms with Crippen LogP contribution in [0.4, 0.5) is 0 Å². The normalized spacial score (nSPS) is 18.0. The number of ether oxygens (including phenoxy) is 1. The Morgan fingerprint density at radius 3 is 3.14 bits per heavy atom. The van der Waals surface area contributed by atoms with Crippen LogP contribution in [0.3, 0.4) is 0 Å². The molecule has 5 nitrogen and oxygen atoms in total. The topological polar surface area (TPSA) is 68.5 Å². The molecule has 1 aromatic heterocycles. The van der Waals surface area contributed by atoms with Gasteiger partial charge in [0.05, 0.1) is 11.2 Å². The van der Waals surface area contributed by atoms with Crippen molar-refractivity contribution in [3.63, 3.8) is 0 Å². The van der Waals surface area contributed by atoms with E-state index in [-0.39, 0.29) is 11.9 Å². The Bertz CT molecular complexity index is 615. The molecule has 110 valence electrons. The summed E-state index contributed by atoms with van der Waals surface area (Å²) in [6.45, 7) is 1.77. The van der Waals surface area contributed by atoms with Gasteiger partial charge in [-0.2, -0.15) is 0 Å². The van der Waals surface area contributed by atoms with E-state index in [4.69, 9.17) is 10.5 Å². The molecule has 1 saturated heterocycles. The predicted molar refractivity (Wildman–Crippen MR) is 81.4 cm³/mol. The first-order valence-corrected chi connectivity index (χ1v) is 7.81. The van der Waals surface area contributed by atoms with Gasteiger partial charge in [0, 0.05) is 30.1 Å². The fourth-order valence-corrected chi connectivity index (χ4v) is 2.88. The zero-order valence-electron chi connectivity index (χ0n) is 11.6. The highest BCUT2D eigenvalue weighted by atomic mass is 32.1. The molecular weight excluding hydrogens is 286 g/mol. The largest absolute Gasteiger partial charge is 0.487 e. The Kier molecular flexibility index (Phi) is 4.17. The zero-order valence-corrected chi connectivity index (χ0v) is 12.4. The average molecular weight is 303 g/mol. The minimum Gasteiger partial charge on any atom is -0.487 e. The highest BCUT2D eigenvalue weighted by molar-refractivity contribution is 7.07. The molecule has 1 amide bonds. The van der Waals surface area contributed by atoms with E-state index in [1.165, 1.54) is 11.3 Å². The number of nitrogens with zero attached hydrogens (tertiary/aromatic N) is 2. The van der Waals surface area contributed by atoms with Gasteiger partial charge in [-0.15, -0.1) is 11.3 Å².